The van der Waals surface area contributed by atoms with Crippen molar-refractivity contribution in [2.24, 2.45) is 24.8 Å². The van der Waals surface area contributed by atoms with Gasteiger partial charge in [-0.05, 0) is 66.5 Å². The van der Waals surface area contributed by atoms with Crippen molar-refractivity contribution in [2.75, 3.05) is 23.3 Å². The molecule has 0 amide bonds. The average molecular weight is 443 g/mol. The van der Waals surface area contributed by atoms with Crippen molar-refractivity contribution in [3.05, 3.63) is 69.5 Å². The van der Waals surface area contributed by atoms with Gasteiger partial charge in [0.25, 0.3) is 5.56 Å². The number of nitriles is 1. The first-order valence-corrected chi connectivity index (χ1v) is 11.2. The zero-order valence-electron chi connectivity index (χ0n) is 18.9. The minimum atomic E-state index is -0.987. The minimum absolute atomic E-state index is 0.0528. The van der Waals surface area contributed by atoms with Gasteiger partial charge in [0, 0.05) is 37.3 Å². The summed E-state index contributed by atoms with van der Waals surface area (Å²) in [5.41, 5.74) is 2.62. The molecule has 1 aliphatic carbocycles. The van der Waals surface area contributed by atoms with Gasteiger partial charge in [-0.3, -0.25) is 9.36 Å². The third kappa shape index (κ3) is 3.43. The minimum Gasteiger partial charge on any atom is -0.478 e. The van der Waals surface area contributed by atoms with Gasteiger partial charge < -0.3 is 15.3 Å². The SMILES string of the molecule is Cc1cc(C(C)Nc2ccccc2C(=O)O)c2cc(N3CC4C(C#N)C4C3)n(C)c(=O)c2c1. The lowest BCUT2D eigenvalue weighted by atomic mass is 9.97. The Kier molecular flexibility index (Phi) is 4.89. The van der Waals surface area contributed by atoms with Crippen LogP contribution in [0.1, 0.15) is 34.5 Å². The van der Waals surface area contributed by atoms with Gasteiger partial charge in [0.05, 0.1) is 17.6 Å². The number of para-hydroxylation sites is 1. The monoisotopic (exact) mass is 442 g/mol. The second kappa shape index (κ2) is 7.66. The van der Waals surface area contributed by atoms with Gasteiger partial charge in [0.2, 0.25) is 0 Å². The summed E-state index contributed by atoms with van der Waals surface area (Å²) in [6.07, 6.45) is 0. The van der Waals surface area contributed by atoms with E-state index in [4.69, 9.17) is 0 Å². The normalized spacial score (nSPS) is 22.0. The smallest absolute Gasteiger partial charge is 0.337 e. The van der Waals surface area contributed by atoms with Crippen LogP contribution >= 0.6 is 0 Å². The maximum Gasteiger partial charge on any atom is 0.337 e. The van der Waals surface area contributed by atoms with Crippen LogP contribution in [0, 0.1) is 36.0 Å². The number of aromatic nitrogens is 1. The molecular formula is C26H26N4O3. The van der Waals surface area contributed by atoms with E-state index in [2.05, 4.69) is 28.4 Å². The van der Waals surface area contributed by atoms with E-state index < -0.39 is 5.97 Å². The van der Waals surface area contributed by atoms with Gasteiger partial charge in [-0.1, -0.05) is 18.2 Å². The highest BCUT2D eigenvalue weighted by molar-refractivity contribution is 5.94. The van der Waals surface area contributed by atoms with Crippen LogP contribution in [0.4, 0.5) is 11.5 Å². The fourth-order valence-electron chi connectivity index (χ4n) is 5.35. The number of anilines is 2. The first-order valence-electron chi connectivity index (χ1n) is 11.2. The Morgan fingerprint density at radius 3 is 2.55 bits per heavy atom. The molecule has 2 heterocycles. The van der Waals surface area contributed by atoms with E-state index in [1.807, 2.05) is 19.9 Å². The summed E-state index contributed by atoms with van der Waals surface area (Å²) in [6.45, 7) is 5.53. The van der Waals surface area contributed by atoms with Crippen LogP contribution in [0.5, 0.6) is 0 Å². The molecule has 1 saturated carbocycles. The maximum absolute atomic E-state index is 13.3. The molecule has 3 atom stereocenters. The first kappa shape index (κ1) is 21.1. The van der Waals surface area contributed by atoms with Crippen LogP contribution in [0.3, 0.4) is 0 Å². The molecule has 1 aliphatic heterocycles. The van der Waals surface area contributed by atoms with Gasteiger partial charge >= 0.3 is 5.97 Å². The number of aromatic carboxylic acids is 1. The summed E-state index contributed by atoms with van der Waals surface area (Å²) in [6, 6.07) is 15.0. The van der Waals surface area contributed by atoms with Crippen LogP contribution in [-0.4, -0.2) is 28.7 Å². The number of piperidine rings is 1. The molecule has 0 radical (unpaired) electrons. The van der Waals surface area contributed by atoms with Crippen molar-refractivity contribution in [3.63, 3.8) is 0 Å². The number of carboxylic acids is 1. The van der Waals surface area contributed by atoms with E-state index in [0.29, 0.717) is 22.9 Å². The van der Waals surface area contributed by atoms with E-state index in [0.717, 1.165) is 35.4 Å². The van der Waals surface area contributed by atoms with Gasteiger partial charge in [-0.15, -0.1) is 0 Å². The standard InChI is InChI=1S/C26H26N4O3/c1-14-8-17(15(2)28-23-7-5-4-6-16(23)26(32)33)18-10-24(29(3)25(31)19(18)9-14)30-12-21-20(11-27)22(21)13-30/h4-10,15,20-22,28H,12-13H2,1-3H3,(H,32,33). The number of pyridine rings is 1. The summed E-state index contributed by atoms with van der Waals surface area (Å²) in [5.74, 6) is 0.812. The number of hydrogen-bond acceptors (Lipinski definition) is 5. The summed E-state index contributed by atoms with van der Waals surface area (Å²) in [4.78, 5) is 27.2. The lowest BCUT2D eigenvalue weighted by Crippen LogP contribution is -2.31. The molecule has 7 heteroatoms. The topological polar surface area (TPSA) is 98.4 Å². The third-order valence-electron chi connectivity index (χ3n) is 7.17. The van der Waals surface area contributed by atoms with Crippen LogP contribution < -0.4 is 15.8 Å². The zero-order valence-corrected chi connectivity index (χ0v) is 18.9. The molecule has 1 aromatic heterocycles. The number of nitrogens with zero attached hydrogens (tertiary/aromatic N) is 3. The van der Waals surface area contributed by atoms with E-state index in [1.54, 1.807) is 35.9 Å². The largest absolute Gasteiger partial charge is 0.478 e. The lowest BCUT2D eigenvalue weighted by molar-refractivity contribution is 0.0698. The Morgan fingerprint density at radius 2 is 1.88 bits per heavy atom. The average Bonchev–Trinajstić information content (AvgIpc) is 3.26. The van der Waals surface area contributed by atoms with Crippen LogP contribution in [0.15, 0.2) is 47.3 Å². The van der Waals surface area contributed by atoms with E-state index in [-0.39, 0.29) is 23.1 Å². The Labute approximate surface area is 191 Å². The number of aryl methyl sites for hydroxylation is 1. The van der Waals surface area contributed by atoms with Crippen molar-refractivity contribution < 1.29 is 9.90 Å². The van der Waals surface area contributed by atoms with Crippen molar-refractivity contribution in [3.8, 4) is 6.07 Å². The van der Waals surface area contributed by atoms with Gasteiger partial charge in [0.15, 0.2) is 0 Å². The molecule has 7 nitrogen and oxygen atoms in total. The molecule has 2 N–H and O–H groups in total. The Hall–Kier alpha value is -3.79. The van der Waals surface area contributed by atoms with E-state index in [1.165, 1.54) is 0 Å². The summed E-state index contributed by atoms with van der Waals surface area (Å²) in [5, 5.41) is 23.6. The van der Waals surface area contributed by atoms with E-state index in [9.17, 15) is 20.0 Å². The predicted octanol–water partition coefficient (Wildman–Crippen LogP) is 3.92. The second-order valence-electron chi connectivity index (χ2n) is 9.29. The molecule has 2 aliphatic rings. The molecule has 3 unspecified atom stereocenters. The number of hydrogen-bond donors (Lipinski definition) is 2. The highest BCUT2D eigenvalue weighted by Gasteiger charge is 2.56. The van der Waals surface area contributed by atoms with Crippen molar-refractivity contribution in [1.82, 2.24) is 4.57 Å². The number of carbonyl (C=O) groups is 1. The maximum atomic E-state index is 13.3. The Bertz CT molecular complexity index is 1370. The highest BCUT2D eigenvalue weighted by atomic mass is 16.4. The fourth-order valence-corrected chi connectivity index (χ4v) is 5.35. The molecule has 0 spiro atoms. The molecule has 2 aromatic carbocycles. The summed E-state index contributed by atoms with van der Waals surface area (Å²) >= 11 is 0. The molecule has 3 aromatic rings. The molecule has 33 heavy (non-hydrogen) atoms. The third-order valence-corrected chi connectivity index (χ3v) is 7.17. The van der Waals surface area contributed by atoms with E-state index >= 15 is 0 Å². The lowest BCUT2D eigenvalue weighted by Gasteiger charge is -2.25. The van der Waals surface area contributed by atoms with Crippen molar-refractivity contribution >= 4 is 28.2 Å². The first-order chi connectivity index (χ1) is 15.8. The quantitative estimate of drug-likeness (QED) is 0.621. The van der Waals surface area contributed by atoms with Crippen LogP contribution in [0.25, 0.3) is 10.8 Å². The number of fused-ring (bicyclic) bond motifs is 2. The summed E-state index contributed by atoms with van der Waals surface area (Å²) < 4.78 is 1.70. The molecule has 1 saturated heterocycles. The molecule has 168 valence electrons. The van der Waals surface area contributed by atoms with Gasteiger partial charge in [-0.25, -0.2) is 4.79 Å². The van der Waals surface area contributed by atoms with Crippen molar-refractivity contribution in [1.29, 1.82) is 5.26 Å². The van der Waals surface area contributed by atoms with Crippen LogP contribution in [-0.2, 0) is 7.05 Å². The zero-order chi connectivity index (χ0) is 23.4. The second-order valence-corrected chi connectivity index (χ2v) is 9.29. The summed E-state index contributed by atoms with van der Waals surface area (Å²) in [7, 11) is 1.80. The van der Waals surface area contributed by atoms with Gasteiger partial charge in [-0.2, -0.15) is 5.26 Å². The predicted molar refractivity (Wildman–Crippen MR) is 128 cm³/mol. The number of carboxylic acid groups (broad SMARTS) is 1. The van der Waals surface area contributed by atoms with Crippen LogP contribution in [0.2, 0.25) is 0 Å². The number of nitrogens with one attached hydrogen (secondary N) is 1. The fraction of sp³-hybridized carbons (Fsp3) is 0.346. The number of rotatable bonds is 5. The molecular weight excluding hydrogens is 416 g/mol. The Balaban J connectivity index is 1.57. The highest BCUT2D eigenvalue weighted by Crippen LogP contribution is 2.52. The molecule has 5 rings (SSSR count). The molecule has 2 fully saturated rings. The number of benzene rings is 2. The Morgan fingerprint density at radius 1 is 1.18 bits per heavy atom. The van der Waals surface area contributed by atoms with Gasteiger partial charge in [0.1, 0.15) is 5.82 Å². The molecule has 0 bridgehead atoms. The van der Waals surface area contributed by atoms with Crippen molar-refractivity contribution in [2.45, 2.75) is 19.9 Å².